The van der Waals surface area contributed by atoms with Crippen molar-refractivity contribution in [1.82, 2.24) is 4.90 Å². The molecule has 1 N–H and O–H groups in total. The van der Waals surface area contributed by atoms with Gasteiger partial charge in [0, 0.05) is 11.4 Å². The number of benzene rings is 1. The zero-order valence-electron chi connectivity index (χ0n) is 14.0. The number of hydrogen-bond acceptors (Lipinski definition) is 4. The fraction of sp³-hybridized carbons (Fsp3) is 0.500. The highest BCUT2D eigenvalue weighted by Crippen LogP contribution is 2.31. The van der Waals surface area contributed by atoms with Gasteiger partial charge in [0.15, 0.2) is 0 Å². The van der Waals surface area contributed by atoms with Crippen LogP contribution in [0.15, 0.2) is 24.3 Å². The van der Waals surface area contributed by atoms with Crippen LogP contribution in [0.1, 0.15) is 26.3 Å². The lowest BCUT2D eigenvalue weighted by Crippen LogP contribution is -2.46. The van der Waals surface area contributed by atoms with Crippen LogP contribution in [-0.4, -0.2) is 40.2 Å². The molecule has 0 aromatic heterocycles. The van der Waals surface area contributed by atoms with Gasteiger partial charge in [-0.15, -0.1) is 11.8 Å². The van der Waals surface area contributed by atoms with Crippen molar-refractivity contribution in [3.05, 3.63) is 29.8 Å². The van der Waals surface area contributed by atoms with E-state index in [0.717, 1.165) is 12.1 Å². The van der Waals surface area contributed by atoms with E-state index in [0.29, 0.717) is 5.75 Å². The summed E-state index contributed by atoms with van der Waals surface area (Å²) in [6.07, 6.45) is -5.12. The van der Waals surface area contributed by atoms with Gasteiger partial charge in [-0.05, 0) is 39.0 Å². The number of anilines is 1. The number of rotatable bonds is 2. The molecule has 1 aliphatic heterocycles. The molecule has 138 valence electrons. The molecule has 0 spiro atoms. The van der Waals surface area contributed by atoms with Crippen LogP contribution in [-0.2, 0) is 15.7 Å². The van der Waals surface area contributed by atoms with Crippen molar-refractivity contribution in [3.8, 4) is 0 Å². The molecule has 0 unspecified atom stereocenters. The van der Waals surface area contributed by atoms with Crippen LogP contribution in [0.3, 0.4) is 0 Å². The van der Waals surface area contributed by atoms with Gasteiger partial charge in [-0.3, -0.25) is 9.69 Å². The maximum Gasteiger partial charge on any atom is 0.416 e. The molecule has 2 amide bonds. The first-order valence-corrected chi connectivity index (χ1v) is 8.68. The molecular weight excluding hydrogens is 357 g/mol. The molecule has 0 saturated carbocycles. The minimum atomic E-state index is -4.49. The number of halogens is 3. The van der Waals surface area contributed by atoms with Crippen LogP contribution in [0.25, 0.3) is 0 Å². The first-order chi connectivity index (χ1) is 11.5. The molecule has 1 saturated heterocycles. The van der Waals surface area contributed by atoms with Crippen LogP contribution in [0.4, 0.5) is 23.7 Å². The van der Waals surface area contributed by atoms with Crippen LogP contribution in [0.5, 0.6) is 0 Å². The third-order valence-electron chi connectivity index (χ3n) is 3.27. The monoisotopic (exact) mass is 376 g/mol. The third kappa shape index (κ3) is 5.29. The van der Waals surface area contributed by atoms with Gasteiger partial charge in [-0.2, -0.15) is 13.2 Å². The highest BCUT2D eigenvalue weighted by atomic mass is 32.2. The van der Waals surface area contributed by atoms with E-state index < -0.39 is 35.4 Å². The van der Waals surface area contributed by atoms with Gasteiger partial charge in [0.1, 0.15) is 11.6 Å². The lowest BCUT2D eigenvalue weighted by molar-refractivity contribution is -0.137. The van der Waals surface area contributed by atoms with Gasteiger partial charge >= 0.3 is 12.3 Å². The summed E-state index contributed by atoms with van der Waals surface area (Å²) in [6, 6.07) is 3.57. The van der Waals surface area contributed by atoms with E-state index in [1.54, 1.807) is 20.8 Å². The fourth-order valence-corrected chi connectivity index (χ4v) is 3.30. The molecular formula is C16H19F3N2O3S. The molecule has 1 aromatic rings. The summed E-state index contributed by atoms with van der Waals surface area (Å²) in [5.41, 5.74) is -1.53. The molecule has 0 bridgehead atoms. The van der Waals surface area contributed by atoms with Gasteiger partial charge < -0.3 is 10.1 Å². The predicted molar refractivity (Wildman–Crippen MR) is 89.3 cm³/mol. The summed E-state index contributed by atoms with van der Waals surface area (Å²) < 4.78 is 43.5. The van der Waals surface area contributed by atoms with Crippen molar-refractivity contribution in [2.75, 3.05) is 16.9 Å². The molecule has 1 fully saturated rings. The number of alkyl halides is 3. The van der Waals surface area contributed by atoms with E-state index in [2.05, 4.69) is 5.32 Å². The van der Waals surface area contributed by atoms with Crippen molar-refractivity contribution in [3.63, 3.8) is 0 Å². The second kappa shape index (κ2) is 7.15. The zero-order valence-corrected chi connectivity index (χ0v) is 14.8. The van der Waals surface area contributed by atoms with Crippen molar-refractivity contribution in [2.24, 2.45) is 0 Å². The Hall–Kier alpha value is -1.90. The number of carbonyl (C=O) groups excluding carboxylic acids is 2. The van der Waals surface area contributed by atoms with Gasteiger partial charge in [-0.25, -0.2) is 4.79 Å². The normalized spacial score (nSPS) is 18.2. The largest absolute Gasteiger partial charge is 0.444 e. The number of nitrogens with zero attached hydrogens (tertiary/aromatic N) is 1. The summed E-state index contributed by atoms with van der Waals surface area (Å²) in [5.74, 6) is 0.0924. The highest BCUT2D eigenvalue weighted by Gasteiger charge is 2.37. The Bertz CT molecular complexity index is 659. The number of carbonyl (C=O) groups is 2. The Morgan fingerprint density at radius 1 is 1.28 bits per heavy atom. The standard InChI is InChI=1S/C16H19F3N2O3S/c1-15(2,3)24-14(23)21-9-25-8-12(21)13(22)20-11-6-4-5-10(7-11)16(17,18)19/h4-7,12H,8-9H2,1-3H3,(H,20,22)/t12-/m0/s1. The fourth-order valence-electron chi connectivity index (χ4n) is 2.16. The minimum Gasteiger partial charge on any atom is -0.444 e. The van der Waals surface area contributed by atoms with E-state index in [4.69, 9.17) is 4.74 Å². The van der Waals surface area contributed by atoms with E-state index in [1.807, 2.05) is 0 Å². The van der Waals surface area contributed by atoms with E-state index in [-0.39, 0.29) is 11.6 Å². The number of nitrogens with one attached hydrogen (secondary N) is 1. The molecule has 1 heterocycles. The van der Waals surface area contributed by atoms with Crippen LogP contribution >= 0.6 is 11.8 Å². The molecule has 1 aromatic carbocycles. The van der Waals surface area contributed by atoms with Crippen molar-refractivity contribution < 1.29 is 27.5 Å². The average Bonchev–Trinajstić information content (AvgIpc) is 2.94. The molecule has 2 rings (SSSR count). The predicted octanol–water partition coefficient (Wildman–Crippen LogP) is 3.95. The van der Waals surface area contributed by atoms with E-state index in [9.17, 15) is 22.8 Å². The lowest BCUT2D eigenvalue weighted by Gasteiger charge is -2.27. The SMILES string of the molecule is CC(C)(C)OC(=O)N1CSC[C@H]1C(=O)Nc1cccc(C(F)(F)F)c1. The molecule has 1 atom stereocenters. The van der Waals surface area contributed by atoms with Gasteiger partial charge in [-0.1, -0.05) is 6.07 Å². The second-order valence-corrected chi connectivity index (χ2v) is 7.53. The lowest BCUT2D eigenvalue weighted by atomic mass is 10.2. The zero-order chi connectivity index (χ0) is 18.8. The van der Waals surface area contributed by atoms with E-state index in [1.165, 1.54) is 28.8 Å². The first kappa shape index (κ1) is 19.4. The molecule has 0 aliphatic carbocycles. The summed E-state index contributed by atoms with van der Waals surface area (Å²) >= 11 is 1.38. The third-order valence-corrected chi connectivity index (χ3v) is 4.28. The van der Waals surface area contributed by atoms with Crippen LogP contribution < -0.4 is 5.32 Å². The molecule has 0 radical (unpaired) electrons. The van der Waals surface area contributed by atoms with Gasteiger partial charge in [0.05, 0.1) is 11.4 Å². The minimum absolute atomic E-state index is 0.0286. The Kier molecular flexibility index (Phi) is 5.55. The van der Waals surface area contributed by atoms with Crippen LogP contribution in [0.2, 0.25) is 0 Å². The summed E-state index contributed by atoms with van der Waals surface area (Å²) in [6.45, 7) is 5.14. The molecule has 9 heteroatoms. The summed E-state index contributed by atoms with van der Waals surface area (Å²) in [5, 5.41) is 2.44. The summed E-state index contributed by atoms with van der Waals surface area (Å²) in [4.78, 5) is 25.9. The average molecular weight is 376 g/mol. The van der Waals surface area contributed by atoms with Crippen molar-refractivity contribution >= 4 is 29.4 Å². The maximum absolute atomic E-state index is 12.7. The Balaban J connectivity index is 2.08. The molecule has 5 nitrogen and oxygen atoms in total. The smallest absolute Gasteiger partial charge is 0.416 e. The molecule has 1 aliphatic rings. The van der Waals surface area contributed by atoms with Gasteiger partial charge in [0.25, 0.3) is 0 Å². The highest BCUT2D eigenvalue weighted by molar-refractivity contribution is 7.99. The molecule has 25 heavy (non-hydrogen) atoms. The van der Waals surface area contributed by atoms with Crippen LogP contribution in [0, 0.1) is 0 Å². The first-order valence-electron chi connectivity index (χ1n) is 7.53. The van der Waals surface area contributed by atoms with Crippen molar-refractivity contribution in [2.45, 2.75) is 38.6 Å². The Labute approximate surface area is 147 Å². The number of ether oxygens (including phenoxy) is 1. The number of hydrogen-bond donors (Lipinski definition) is 1. The summed E-state index contributed by atoms with van der Waals surface area (Å²) in [7, 11) is 0. The quantitative estimate of drug-likeness (QED) is 0.849. The second-order valence-electron chi connectivity index (χ2n) is 6.53. The Morgan fingerprint density at radius 2 is 1.96 bits per heavy atom. The maximum atomic E-state index is 12.7. The van der Waals surface area contributed by atoms with Gasteiger partial charge in [0.2, 0.25) is 5.91 Å². The number of amides is 2. The van der Waals surface area contributed by atoms with E-state index >= 15 is 0 Å². The number of thioether (sulfide) groups is 1. The van der Waals surface area contributed by atoms with Crippen molar-refractivity contribution in [1.29, 1.82) is 0 Å². The Morgan fingerprint density at radius 3 is 2.56 bits per heavy atom. The topological polar surface area (TPSA) is 58.6 Å².